The summed E-state index contributed by atoms with van der Waals surface area (Å²) in [5.41, 5.74) is 0.737. The second-order valence-electron chi connectivity index (χ2n) is 3.56. The Hall–Kier alpha value is -1.46. The van der Waals surface area contributed by atoms with Crippen molar-refractivity contribution >= 4 is 50.0 Å². The first-order chi connectivity index (χ1) is 8.04. The van der Waals surface area contributed by atoms with E-state index in [1.165, 1.54) is 18.3 Å². The molecular weight excluding hydrogens is 260 g/mol. The maximum Gasteiger partial charge on any atom is 0.233 e. The summed E-state index contributed by atoms with van der Waals surface area (Å²) in [4.78, 5) is 26.4. The van der Waals surface area contributed by atoms with Crippen molar-refractivity contribution in [3.63, 3.8) is 0 Å². The summed E-state index contributed by atoms with van der Waals surface area (Å²) >= 11 is 7.18. The van der Waals surface area contributed by atoms with Crippen LogP contribution in [0.2, 0.25) is 5.02 Å². The SMILES string of the molecule is CC(=O)CC(=O)Nc1nc2cc(Cl)ccc2s1. The highest BCUT2D eigenvalue weighted by atomic mass is 35.5. The third kappa shape index (κ3) is 3.01. The number of Topliss-reactive ketones (excluding diaryl/α,β-unsaturated/α-hetero) is 1. The highest BCUT2D eigenvalue weighted by Crippen LogP contribution is 2.27. The van der Waals surface area contributed by atoms with Crippen molar-refractivity contribution in [2.24, 2.45) is 0 Å². The fourth-order valence-electron chi connectivity index (χ4n) is 1.34. The van der Waals surface area contributed by atoms with E-state index < -0.39 is 0 Å². The summed E-state index contributed by atoms with van der Waals surface area (Å²) in [6, 6.07) is 5.34. The van der Waals surface area contributed by atoms with Gasteiger partial charge in [0.2, 0.25) is 5.91 Å². The molecule has 0 spiro atoms. The van der Waals surface area contributed by atoms with Crippen LogP contribution in [0.25, 0.3) is 10.2 Å². The molecule has 1 heterocycles. The van der Waals surface area contributed by atoms with Gasteiger partial charge in [0.15, 0.2) is 5.13 Å². The Balaban J connectivity index is 2.19. The Morgan fingerprint density at radius 1 is 1.47 bits per heavy atom. The largest absolute Gasteiger partial charge is 0.302 e. The number of nitrogens with zero attached hydrogens (tertiary/aromatic N) is 1. The molecule has 0 saturated heterocycles. The van der Waals surface area contributed by atoms with Gasteiger partial charge in [-0.1, -0.05) is 22.9 Å². The van der Waals surface area contributed by atoms with Gasteiger partial charge in [-0.3, -0.25) is 9.59 Å². The quantitative estimate of drug-likeness (QED) is 0.871. The number of halogens is 1. The number of benzene rings is 1. The molecule has 88 valence electrons. The van der Waals surface area contributed by atoms with Crippen molar-refractivity contribution in [3.8, 4) is 0 Å². The van der Waals surface area contributed by atoms with E-state index >= 15 is 0 Å². The summed E-state index contributed by atoms with van der Waals surface area (Å²) < 4.78 is 0.938. The minimum absolute atomic E-state index is 0.128. The molecule has 0 aliphatic heterocycles. The summed E-state index contributed by atoms with van der Waals surface area (Å²) in [5, 5.41) is 3.67. The maximum atomic E-state index is 11.4. The molecule has 1 aromatic carbocycles. The number of rotatable bonds is 3. The Kier molecular flexibility index (Phi) is 3.40. The first kappa shape index (κ1) is 12.0. The normalized spacial score (nSPS) is 10.5. The summed E-state index contributed by atoms with van der Waals surface area (Å²) in [6.45, 7) is 1.37. The van der Waals surface area contributed by atoms with Crippen LogP contribution in [0.15, 0.2) is 18.2 Å². The van der Waals surface area contributed by atoms with Gasteiger partial charge in [-0.05, 0) is 25.1 Å². The van der Waals surface area contributed by atoms with Crippen LogP contribution >= 0.6 is 22.9 Å². The average Bonchev–Trinajstić information content (AvgIpc) is 2.57. The fourth-order valence-corrected chi connectivity index (χ4v) is 2.37. The zero-order valence-corrected chi connectivity index (χ0v) is 10.6. The van der Waals surface area contributed by atoms with Crippen LogP contribution in [0.3, 0.4) is 0 Å². The number of ketones is 1. The molecule has 0 bridgehead atoms. The van der Waals surface area contributed by atoms with E-state index in [2.05, 4.69) is 10.3 Å². The van der Waals surface area contributed by atoms with Crippen molar-refractivity contribution in [2.45, 2.75) is 13.3 Å². The minimum atomic E-state index is -0.345. The van der Waals surface area contributed by atoms with Crippen molar-refractivity contribution < 1.29 is 9.59 Å². The lowest BCUT2D eigenvalue weighted by Gasteiger charge is -1.97. The van der Waals surface area contributed by atoms with E-state index in [9.17, 15) is 9.59 Å². The molecule has 6 heteroatoms. The molecule has 0 radical (unpaired) electrons. The Bertz CT molecular complexity index is 594. The van der Waals surface area contributed by atoms with Crippen molar-refractivity contribution in [1.29, 1.82) is 0 Å². The Labute approximate surface area is 107 Å². The molecule has 0 aliphatic rings. The molecule has 0 fully saturated rings. The van der Waals surface area contributed by atoms with Crippen LogP contribution in [-0.2, 0) is 9.59 Å². The second kappa shape index (κ2) is 4.81. The number of carbonyl (C=O) groups excluding carboxylic acids is 2. The van der Waals surface area contributed by atoms with Gasteiger partial charge in [0, 0.05) is 5.02 Å². The van der Waals surface area contributed by atoms with Gasteiger partial charge in [0.25, 0.3) is 0 Å². The summed E-state index contributed by atoms with van der Waals surface area (Å²) in [6.07, 6.45) is -0.128. The van der Waals surface area contributed by atoms with Gasteiger partial charge < -0.3 is 5.32 Å². The predicted molar refractivity (Wildman–Crippen MR) is 68.6 cm³/mol. The van der Waals surface area contributed by atoms with Gasteiger partial charge in [0.05, 0.1) is 16.6 Å². The molecule has 1 amide bonds. The van der Waals surface area contributed by atoms with E-state index in [0.29, 0.717) is 10.2 Å². The summed E-state index contributed by atoms with van der Waals surface area (Å²) in [5.74, 6) is -0.519. The Morgan fingerprint density at radius 2 is 2.24 bits per heavy atom. The van der Waals surface area contributed by atoms with E-state index in [4.69, 9.17) is 11.6 Å². The highest BCUT2D eigenvalue weighted by molar-refractivity contribution is 7.22. The zero-order valence-electron chi connectivity index (χ0n) is 8.99. The summed E-state index contributed by atoms with van der Waals surface area (Å²) in [7, 11) is 0. The number of thiazole rings is 1. The molecule has 2 rings (SSSR count). The Morgan fingerprint density at radius 3 is 2.94 bits per heavy atom. The number of nitrogens with one attached hydrogen (secondary N) is 1. The van der Waals surface area contributed by atoms with Gasteiger partial charge in [0.1, 0.15) is 5.78 Å². The van der Waals surface area contributed by atoms with Gasteiger partial charge in [-0.2, -0.15) is 0 Å². The first-order valence-electron chi connectivity index (χ1n) is 4.90. The molecule has 0 unspecified atom stereocenters. The third-order valence-corrected chi connectivity index (χ3v) is 3.19. The number of carbonyl (C=O) groups is 2. The van der Waals surface area contributed by atoms with Crippen LogP contribution in [0, 0.1) is 0 Å². The van der Waals surface area contributed by atoms with Crippen molar-refractivity contribution in [1.82, 2.24) is 4.98 Å². The second-order valence-corrected chi connectivity index (χ2v) is 5.03. The molecular formula is C11H9ClN2O2S. The van der Waals surface area contributed by atoms with Crippen molar-refractivity contribution in [3.05, 3.63) is 23.2 Å². The van der Waals surface area contributed by atoms with Crippen LogP contribution < -0.4 is 5.32 Å². The average molecular weight is 269 g/mol. The molecule has 4 nitrogen and oxygen atoms in total. The number of hydrogen-bond acceptors (Lipinski definition) is 4. The fraction of sp³-hybridized carbons (Fsp3) is 0.182. The lowest BCUT2D eigenvalue weighted by atomic mass is 10.3. The predicted octanol–water partition coefficient (Wildman–Crippen LogP) is 2.87. The van der Waals surface area contributed by atoms with E-state index in [-0.39, 0.29) is 18.1 Å². The van der Waals surface area contributed by atoms with Gasteiger partial charge in [-0.25, -0.2) is 4.98 Å². The van der Waals surface area contributed by atoms with Crippen LogP contribution in [0.4, 0.5) is 5.13 Å². The van der Waals surface area contributed by atoms with E-state index in [0.717, 1.165) is 10.2 Å². The molecule has 1 aromatic heterocycles. The zero-order chi connectivity index (χ0) is 12.4. The van der Waals surface area contributed by atoms with Crippen LogP contribution in [0.5, 0.6) is 0 Å². The molecule has 1 N–H and O–H groups in total. The van der Waals surface area contributed by atoms with E-state index in [1.807, 2.05) is 6.07 Å². The van der Waals surface area contributed by atoms with Crippen LogP contribution in [0.1, 0.15) is 13.3 Å². The minimum Gasteiger partial charge on any atom is -0.302 e. The van der Waals surface area contributed by atoms with E-state index in [1.54, 1.807) is 12.1 Å². The molecule has 0 aliphatic carbocycles. The molecule has 0 saturated carbocycles. The van der Waals surface area contributed by atoms with Gasteiger partial charge >= 0.3 is 0 Å². The molecule has 17 heavy (non-hydrogen) atoms. The maximum absolute atomic E-state index is 11.4. The molecule has 0 atom stereocenters. The number of amides is 1. The monoisotopic (exact) mass is 268 g/mol. The third-order valence-electron chi connectivity index (χ3n) is 2.01. The smallest absolute Gasteiger partial charge is 0.233 e. The van der Waals surface area contributed by atoms with Crippen LogP contribution in [-0.4, -0.2) is 16.7 Å². The number of hydrogen-bond donors (Lipinski definition) is 1. The number of aromatic nitrogens is 1. The van der Waals surface area contributed by atoms with Gasteiger partial charge in [-0.15, -0.1) is 0 Å². The van der Waals surface area contributed by atoms with Crippen molar-refractivity contribution in [2.75, 3.05) is 5.32 Å². The number of anilines is 1. The lowest BCUT2D eigenvalue weighted by molar-refractivity contribution is -0.124. The topological polar surface area (TPSA) is 59.1 Å². The molecule has 2 aromatic rings. The lowest BCUT2D eigenvalue weighted by Crippen LogP contribution is -2.14. The number of fused-ring (bicyclic) bond motifs is 1. The highest BCUT2D eigenvalue weighted by Gasteiger charge is 2.09. The standard InChI is InChI=1S/C11H9ClN2O2S/c1-6(15)4-10(16)14-11-13-8-5-7(12)2-3-9(8)17-11/h2-3,5H,4H2,1H3,(H,13,14,16). The first-order valence-corrected chi connectivity index (χ1v) is 6.09.